The fourth-order valence-electron chi connectivity index (χ4n) is 4.05. The second kappa shape index (κ2) is 9.41. The molecule has 1 spiro atoms. The van der Waals surface area contributed by atoms with Crippen molar-refractivity contribution in [1.29, 1.82) is 5.41 Å². The Balaban J connectivity index is 1.56. The number of hydrogen-bond acceptors (Lipinski definition) is 5. The summed E-state index contributed by atoms with van der Waals surface area (Å²) in [5, 5.41) is 8.06. The van der Waals surface area contributed by atoms with Crippen molar-refractivity contribution >= 4 is 11.6 Å². The molecule has 1 aromatic rings. The van der Waals surface area contributed by atoms with Crippen LogP contribution in [0.15, 0.2) is 43.1 Å². The molecule has 6 nitrogen and oxygen atoms in total. The molecular weight excluding hydrogens is 371 g/mol. The molecule has 0 aromatic carbocycles. The predicted molar refractivity (Wildman–Crippen MR) is 110 cm³/mol. The van der Waals surface area contributed by atoms with Gasteiger partial charge in [-0.2, -0.15) is 0 Å². The molecule has 1 N–H and O–H groups in total. The monoisotopic (exact) mass is 400 g/mol. The third-order valence-corrected chi connectivity index (χ3v) is 5.63. The number of nitrogens with one attached hydrogen (secondary N) is 1. The Hall–Kier alpha value is -2.38. The summed E-state index contributed by atoms with van der Waals surface area (Å²) in [7, 11) is 0. The van der Waals surface area contributed by atoms with Crippen LogP contribution in [0.1, 0.15) is 25.5 Å². The van der Waals surface area contributed by atoms with E-state index in [9.17, 15) is 9.18 Å². The number of rotatable bonds is 7. The van der Waals surface area contributed by atoms with Gasteiger partial charge in [-0.25, -0.2) is 4.39 Å². The van der Waals surface area contributed by atoms with Crippen LogP contribution in [-0.4, -0.2) is 70.8 Å². The molecule has 3 rings (SSSR count). The fraction of sp³-hybridized carbons (Fsp3) is 0.500. The van der Waals surface area contributed by atoms with Crippen LogP contribution in [0.25, 0.3) is 0 Å². The molecule has 0 bridgehead atoms. The lowest BCUT2D eigenvalue weighted by Crippen LogP contribution is -2.62. The lowest BCUT2D eigenvalue weighted by molar-refractivity contribution is -0.188. The third kappa shape index (κ3) is 5.36. The maximum absolute atomic E-state index is 13.8. The number of ether oxygens (including phenoxy) is 1. The Labute approximate surface area is 171 Å². The molecule has 0 saturated carbocycles. The lowest BCUT2D eigenvalue weighted by Gasteiger charge is -2.49. The molecule has 7 heteroatoms. The van der Waals surface area contributed by atoms with E-state index >= 15 is 0 Å². The quantitative estimate of drug-likeness (QED) is 0.564. The molecule has 2 fully saturated rings. The molecule has 0 aliphatic carbocycles. The molecule has 2 aliphatic rings. The Morgan fingerprint density at radius 2 is 2.24 bits per heavy atom. The highest BCUT2D eigenvalue weighted by Gasteiger charge is 2.45. The summed E-state index contributed by atoms with van der Waals surface area (Å²) in [5.41, 5.74) is 0.498. The van der Waals surface area contributed by atoms with Crippen molar-refractivity contribution in [2.45, 2.75) is 37.9 Å². The van der Waals surface area contributed by atoms with Gasteiger partial charge >= 0.3 is 0 Å². The zero-order valence-electron chi connectivity index (χ0n) is 16.9. The Bertz CT molecular complexity index is 787. The molecule has 29 heavy (non-hydrogen) atoms. The van der Waals surface area contributed by atoms with Crippen molar-refractivity contribution in [3.8, 4) is 0 Å². The summed E-state index contributed by atoms with van der Waals surface area (Å²) in [5.74, 6) is -0.326. The molecule has 2 saturated heterocycles. The highest BCUT2D eigenvalue weighted by molar-refractivity contribution is 5.97. The number of aromatic nitrogens is 1. The number of carbonyl (C=O) groups excluding carboxylic acids is 1. The van der Waals surface area contributed by atoms with Gasteiger partial charge in [-0.3, -0.25) is 9.78 Å². The summed E-state index contributed by atoms with van der Waals surface area (Å²) in [6.45, 7) is 8.59. The van der Waals surface area contributed by atoms with Crippen LogP contribution >= 0.6 is 0 Å². The van der Waals surface area contributed by atoms with Crippen molar-refractivity contribution in [3.63, 3.8) is 0 Å². The minimum absolute atomic E-state index is 0.0690. The Morgan fingerprint density at radius 1 is 1.48 bits per heavy atom. The van der Waals surface area contributed by atoms with E-state index in [2.05, 4.69) is 16.5 Å². The van der Waals surface area contributed by atoms with Crippen LogP contribution < -0.4 is 0 Å². The Kier molecular flexibility index (Phi) is 6.92. The van der Waals surface area contributed by atoms with Gasteiger partial charge in [0.25, 0.3) is 5.91 Å². The van der Waals surface area contributed by atoms with Gasteiger partial charge in [0.1, 0.15) is 11.9 Å². The molecule has 1 amide bonds. The summed E-state index contributed by atoms with van der Waals surface area (Å²) >= 11 is 0. The number of morpholine rings is 1. The highest BCUT2D eigenvalue weighted by atomic mass is 19.1. The van der Waals surface area contributed by atoms with Gasteiger partial charge in [0.15, 0.2) is 0 Å². The minimum Gasteiger partial charge on any atom is -0.360 e. The predicted octanol–water partition coefficient (Wildman–Crippen LogP) is 2.61. The number of nitrogens with zero attached hydrogens (tertiary/aromatic N) is 3. The van der Waals surface area contributed by atoms with E-state index in [4.69, 9.17) is 10.1 Å². The van der Waals surface area contributed by atoms with Crippen molar-refractivity contribution in [2.75, 3.05) is 32.7 Å². The number of carbonyl (C=O) groups is 1. The van der Waals surface area contributed by atoms with Crippen LogP contribution in [0.2, 0.25) is 0 Å². The van der Waals surface area contributed by atoms with Gasteiger partial charge in [0.05, 0.1) is 30.1 Å². The molecule has 1 aromatic heterocycles. The normalized spacial score (nSPS) is 22.3. The van der Waals surface area contributed by atoms with Crippen molar-refractivity contribution in [1.82, 2.24) is 14.8 Å². The fourth-order valence-corrected chi connectivity index (χ4v) is 4.05. The van der Waals surface area contributed by atoms with Crippen LogP contribution in [0.4, 0.5) is 4.39 Å². The van der Waals surface area contributed by atoms with Crippen molar-refractivity contribution in [3.05, 3.63) is 54.6 Å². The molecular formula is C22H29FN4O2. The average molecular weight is 400 g/mol. The van der Waals surface area contributed by atoms with E-state index in [1.54, 1.807) is 42.3 Å². The summed E-state index contributed by atoms with van der Waals surface area (Å²) < 4.78 is 19.9. The molecule has 0 radical (unpaired) electrons. The van der Waals surface area contributed by atoms with Crippen LogP contribution in [-0.2, 0) is 16.0 Å². The topological polar surface area (TPSA) is 69.5 Å². The number of piperidine rings is 1. The minimum atomic E-state index is -0.505. The maximum atomic E-state index is 13.8. The van der Waals surface area contributed by atoms with Crippen molar-refractivity contribution in [2.24, 2.45) is 0 Å². The first kappa shape index (κ1) is 21.3. The highest BCUT2D eigenvalue weighted by Crippen LogP contribution is 2.33. The van der Waals surface area contributed by atoms with Crippen molar-refractivity contribution < 1.29 is 13.9 Å². The number of hydrogen-bond donors (Lipinski definition) is 1. The van der Waals surface area contributed by atoms with Crippen LogP contribution in [0.5, 0.6) is 0 Å². The number of halogens is 1. The van der Waals surface area contributed by atoms with E-state index in [0.29, 0.717) is 24.4 Å². The molecule has 156 valence electrons. The zero-order valence-corrected chi connectivity index (χ0v) is 16.9. The van der Waals surface area contributed by atoms with Gasteiger partial charge in [-0.15, -0.1) is 0 Å². The van der Waals surface area contributed by atoms with E-state index in [0.717, 1.165) is 32.5 Å². The molecule has 2 aliphatic heterocycles. The summed E-state index contributed by atoms with van der Waals surface area (Å²) in [6.07, 6.45) is 8.29. The first-order chi connectivity index (χ1) is 13.9. The number of allylic oxidation sites excluding steroid dienone is 2. The van der Waals surface area contributed by atoms with Gasteiger partial charge < -0.3 is 19.9 Å². The van der Waals surface area contributed by atoms with E-state index < -0.39 is 6.10 Å². The first-order valence-electron chi connectivity index (χ1n) is 10.1. The standard InChI is InChI=1S/C22H29FN4O2/c1-3-4-6-18(24)15-27-16-22(29-17(2)21(27)28)9-13-26(14-10-22)12-8-20-19(23)7-5-11-25-20/h3-7,11,17,24H,1,8-10,12-16H2,2H3/b6-4-,24-18?. The molecule has 1 atom stereocenters. The number of pyridine rings is 1. The first-order valence-corrected chi connectivity index (χ1v) is 10.1. The molecule has 1 unspecified atom stereocenters. The second-order valence-corrected chi connectivity index (χ2v) is 7.78. The molecule has 3 heterocycles. The number of likely N-dealkylation sites (tertiary alicyclic amines) is 1. The van der Waals surface area contributed by atoms with Gasteiger partial charge in [0.2, 0.25) is 0 Å². The summed E-state index contributed by atoms with van der Waals surface area (Å²) in [6, 6.07) is 3.04. The third-order valence-electron chi connectivity index (χ3n) is 5.63. The summed E-state index contributed by atoms with van der Waals surface area (Å²) in [4.78, 5) is 20.7. The lowest BCUT2D eigenvalue weighted by atomic mass is 9.88. The Morgan fingerprint density at radius 3 is 2.93 bits per heavy atom. The second-order valence-electron chi connectivity index (χ2n) is 7.78. The van der Waals surface area contributed by atoms with E-state index in [-0.39, 0.29) is 23.9 Å². The van der Waals surface area contributed by atoms with E-state index in [1.807, 2.05) is 0 Å². The smallest absolute Gasteiger partial charge is 0.251 e. The van der Waals surface area contributed by atoms with Crippen LogP contribution in [0, 0.1) is 11.2 Å². The van der Waals surface area contributed by atoms with Gasteiger partial charge in [-0.1, -0.05) is 18.7 Å². The SMILES string of the molecule is C=C/C=C\C(=N)CN1CC2(CCN(CCc3ncccc3F)CC2)OC(C)C1=O. The average Bonchev–Trinajstić information content (AvgIpc) is 2.71. The number of amides is 1. The van der Waals surface area contributed by atoms with Gasteiger partial charge in [0, 0.05) is 32.3 Å². The largest absolute Gasteiger partial charge is 0.360 e. The maximum Gasteiger partial charge on any atom is 0.251 e. The van der Waals surface area contributed by atoms with E-state index in [1.165, 1.54) is 6.07 Å². The van der Waals surface area contributed by atoms with Gasteiger partial charge in [-0.05, 0) is 38.0 Å². The van der Waals surface area contributed by atoms with Crippen LogP contribution in [0.3, 0.4) is 0 Å². The zero-order chi connectivity index (χ0) is 20.9.